The first kappa shape index (κ1) is 14.5. The number of likely N-dealkylation sites (N-methyl/N-ethyl adjacent to an activating group) is 1. The van der Waals surface area contributed by atoms with Crippen LogP contribution < -0.4 is 5.32 Å². The Labute approximate surface area is 109 Å². The summed E-state index contributed by atoms with van der Waals surface area (Å²) in [5.74, 6) is 0.479. The highest BCUT2D eigenvalue weighted by Crippen LogP contribution is 2.00. The number of nitrogens with zero attached hydrogens (tertiary/aromatic N) is 2. The van der Waals surface area contributed by atoms with Gasteiger partial charge in [-0.05, 0) is 37.0 Å². The van der Waals surface area contributed by atoms with Gasteiger partial charge in [0, 0.05) is 32.0 Å². The third kappa shape index (κ3) is 5.17. The van der Waals surface area contributed by atoms with Gasteiger partial charge >= 0.3 is 6.03 Å². The second kappa shape index (κ2) is 7.69. The molecule has 1 aromatic rings. The monoisotopic (exact) mass is 249 g/mol. The predicted molar refractivity (Wildman–Crippen MR) is 73.4 cm³/mol. The summed E-state index contributed by atoms with van der Waals surface area (Å²) in [6.07, 6.45) is 4.43. The number of aromatic nitrogens is 1. The van der Waals surface area contributed by atoms with Crippen molar-refractivity contribution in [2.75, 3.05) is 19.6 Å². The highest BCUT2D eigenvalue weighted by Gasteiger charge is 2.11. The van der Waals surface area contributed by atoms with E-state index in [9.17, 15) is 4.79 Å². The van der Waals surface area contributed by atoms with E-state index in [0.29, 0.717) is 5.92 Å². The molecule has 0 aliphatic rings. The molecule has 0 bridgehead atoms. The number of hydrogen-bond donors (Lipinski definition) is 1. The van der Waals surface area contributed by atoms with E-state index in [0.717, 1.165) is 26.1 Å². The number of carbonyl (C=O) groups is 1. The Morgan fingerprint density at radius 3 is 2.61 bits per heavy atom. The summed E-state index contributed by atoms with van der Waals surface area (Å²) < 4.78 is 0. The molecule has 0 aliphatic carbocycles. The van der Waals surface area contributed by atoms with Crippen LogP contribution in [0.5, 0.6) is 0 Å². The Balaban J connectivity index is 2.39. The maximum absolute atomic E-state index is 11.9. The van der Waals surface area contributed by atoms with Crippen LogP contribution in [0, 0.1) is 5.92 Å². The Bertz CT molecular complexity index is 351. The third-order valence-corrected chi connectivity index (χ3v) is 2.75. The molecule has 0 radical (unpaired) electrons. The fraction of sp³-hybridized carbons (Fsp3) is 0.571. The largest absolute Gasteiger partial charge is 0.338 e. The Morgan fingerprint density at radius 2 is 2.06 bits per heavy atom. The van der Waals surface area contributed by atoms with E-state index >= 15 is 0 Å². The van der Waals surface area contributed by atoms with Crippen LogP contribution in [0.4, 0.5) is 4.79 Å². The molecule has 0 aromatic carbocycles. The van der Waals surface area contributed by atoms with Gasteiger partial charge in [-0.2, -0.15) is 0 Å². The van der Waals surface area contributed by atoms with Crippen LogP contribution in [0.1, 0.15) is 26.3 Å². The fourth-order valence-electron chi connectivity index (χ4n) is 1.62. The van der Waals surface area contributed by atoms with Crippen molar-refractivity contribution in [3.8, 4) is 0 Å². The zero-order chi connectivity index (χ0) is 13.4. The minimum absolute atomic E-state index is 0.0280. The topological polar surface area (TPSA) is 45.2 Å². The molecule has 4 heteroatoms. The van der Waals surface area contributed by atoms with Gasteiger partial charge in [-0.25, -0.2) is 4.79 Å². The summed E-state index contributed by atoms with van der Waals surface area (Å²) in [7, 11) is 0. The molecule has 0 saturated carbocycles. The number of pyridine rings is 1. The van der Waals surface area contributed by atoms with Gasteiger partial charge in [-0.1, -0.05) is 13.8 Å². The molecule has 18 heavy (non-hydrogen) atoms. The van der Waals surface area contributed by atoms with Crippen molar-refractivity contribution in [1.29, 1.82) is 0 Å². The van der Waals surface area contributed by atoms with Crippen molar-refractivity contribution in [3.63, 3.8) is 0 Å². The van der Waals surface area contributed by atoms with Crippen LogP contribution in [-0.2, 0) is 6.42 Å². The average Bonchev–Trinajstić information content (AvgIpc) is 2.38. The van der Waals surface area contributed by atoms with Gasteiger partial charge in [-0.3, -0.25) is 4.98 Å². The minimum atomic E-state index is 0.0280. The van der Waals surface area contributed by atoms with Crippen molar-refractivity contribution in [3.05, 3.63) is 30.1 Å². The maximum atomic E-state index is 11.9. The molecule has 0 fully saturated rings. The molecule has 2 amide bonds. The summed E-state index contributed by atoms with van der Waals surface area (Å²) in [6, 6.07) is 4.00. The summed E-state index contributed by atoms with van der Waals surface area (Å²) >= 11 is 0. The van der Waals surface area contributed by atoms with Gasteiger partial charge in [0.25, 0.3) is 0 Å². The highest BCUT2D eigenvalue weighted by molar-refractivity contribution is 5.74. The molecular formula is C14H23N3O. The molecule has 0 unspecified atom stereocenters. The van der Waals surface area contributed by atoms with E-state index in [-0.39, 0.29) is 6.03 Å². The van der Waals surface area contributed by atoms with Crippen molar-refractivity contribution >= 4 is 6.03 Å². The number of hydrogen-bond acceptors (Lipinski definition) is 2. The summed E-state index contributed by atoms with van der Waals surface area (Å²) in [6.45, 7) is 8.38. The smallest absolute Gasteiger partial charge is 0.317 e. The Morgan fingerprint density at radius 1 is 1.39 bits per heavy atom. The molecule has 0 spiro atoms. The zero-order valence-electron chi connectivity index (χ0n) is 11.5. The van der Waals surface area contributed by atoms with E-state index in [1.807, 2.05) is 24.0 Å². The van der Waals surface area contributed by atoms with Gasteiger partial charge in [0.05, 0.1) is 0 Å². The lowest BCUT2D eigenvalue weighted by Crippen LogP contribution is -2.42. The summed E-state index contributed by atoms with van der Waals surface area (Å²) in [5, 5.41) is 2.94. The van der Waals surface area contributed by atoms with Gasteiger partial charge in [0.2, 0.25) is 0 Å². The zero-order valence-corrected chi connectivity index (χ0v) is 11.5. The van der Waals surface area contributed by atoms with E-state index in [4.69, 9.17) is 0 Å². The van der Waals surface area contributed by atoms with Crippen molar-refractivity contribution in [1.82, 2.24) is 15.2 Å². The molecule has 1 aromatic heterocycles. The lowest BCUT2D eigenvalue weighted by molar-refractivity contribution is 0.200. The molecule has 1 heterocycles. The van der Waals surface area contributed by atoms with E-state index < -0.39 is 0 Å². The molecule has 4 nitrogen and oxygen atoms in total. The first-order valence-electron chi connectivity index (χ1n) is 6.55. The standard InChI is InChI=1S/C14H23N3O/c1-4-17(14(18)16-11-12(2)3)10-7-13-5-8-15-9-6-13/h5-6,8-9,12H,4,7,10-11H2,1-3H3,(H,16,18). The SMILES string of the molecule is CCN(CCc1ccncc1)C(=O)NCC(C)C. The van der Waals surface area contributed by atoms with Crippen LogP contribution in [0.15, 0.2) is 24.5 Å². The Kier molecular flexibility index (Phi) is 6.19. The van der Waals surface area contributed by atoms with Gasteiger partial charge in [0.1, 0.15) is 0 Å². The van der Waals surface area contributed by atoms with E-state index in [1.54, 1.807) is 12.4 Å². The minimum Gasteiger partial charge on any atom is -0.338 e. The van der Waals surface area contributed by atoms with E-state index in [2.05, 4.69) is 24.1 Å². The number of amides is 2. The predicted octanol–water partition coefficient (Wildman–Crippen LogP) is 2.31. The van der Waals surface area contributed by atoms with Crippen molar-refractivity contribution in [2.24, 2.45) is 5.92 Å². The second-order valence-corrected chi connectivity index (χ2v) is 4.77. The molecule has 100 valence electrons. The lowest BCUT2D eigenvalue weighted by Gasteiger charge is -2.22. The van der Waals surface area contributed by atoms with Crippen LogP contribution in [-0.4, -0.2) is 35.5 Å². The van der Waals surface area contributed by atoms with Gasteiger partial charge < -0.3 is 10.2 Å². The normalized spacial score (nSPS) is 10.4. The molecule has 1 rings (SSSR count). The number of carbonyl (C=O) groups excluding carboxylic acids is 1. The van der Waals surface area contributed by atoms with Gasteiger partial charge in [-0.15, -0.1) is 0 Å². The fourth-order valence-corrected chi connectivity index (χ4v) is 1.62. The molecule has 1 N–H and O–H groups in total. The average molecular weight is 249 g/mol. The van der Waals surface area contributed by atoms with Crippen LogP contribution in [0.2, 0.25) is 0 Å². The Hall–Kier alpha value is -1.58. The van der Waals surface area contributed by atoms with Crippen molar-refractivity contribution < 1.29 is 4.79 Å². The lowest BCUT2D eigenvalue weighted by atomic mass is 10.2. The number of rotatable bonds is 6. The highest BCUT2D eigenvalue weighted by atomic mass is 16.2. The van der Waals surface area contributed by atoms with Gasteiger partial charge in [0.15, 0.2) is 0 Å². The molecule has 0 saturated heterocycles. The first-order valence-corrected chi connectivity index (χ1v) is 6.55. The first-order chi connectivity index (χ1) is 8.63. The van der Waals surface area contributed by atoms with Crippen LogP contribution in [0.3, 0.4) is 0 Å². The summed E-state index contributed by atoms with van der Waals surface area (Å²) in [5.41, 5.74) is 1.21. The number of nitrogens with one attached hydrogen (secondary N) is 1. The third-order valence-electron chi connectivity index (χ3n) is 2.75. The van der Waals surface area contributed by atoms with Crippen LogP contribution >= 0.6 is 0 Å². The molecular weight excluding hydrogens is 226 g/mol. The summed E-state index contributed by atoms with van der Waals surface area (Å²) in [4.78, 5) is 17.7. The van der Waals surface area contributed by atoms with Crippen LogP contribution in [0.25, 0.3) is 0 Å². The van der Waals surface area contributed by atoms with Crippen molar-refractivity contribution in [2.45, 2.75) is 27.2 Å². The van der Waals surface area contributed by atoms with E-state index in [1.165, 1.54) is 5.56 Å². The quantitative estimate of drug-likeness (QED) is 0.841. The number of urea groups is 1. The molecule has 0 atom stereocenters. The second-order valence-electron chi connectivity index (χ2n) is 4.77. The maximum Gasteiger partial charge on any atom is 0.317 e. The molecule has 0 aliphatic heterocycles.